The molecular formula is C11H16N2O3S. The summed E-state index contributed by atoms with van der Waals surface area (Å²) in [4.78, 5) is 17.0. The predicted octanol–water partition coefficient (Wildman–Crippen LogP) is 1.45. The van der Waals surface area contributed by atoms with Crippen LogP contribution in [0.5, 0.6) is 0 Å². The van der Waals surface area contributed by atoms with E-state index in [0.29, 0.717) is 12.6 Å². The first-order valence-corrected chi connectivity index (χ1v) is 6.50. The standard InChI is InChI=1S/C11H16N2O3S/c1-13(9-2-4-16-5-3-9)6-8-7-17-10(12-8)11(14)15/h7,9H,2-6H2,1H3,(H,14,15). The van der Waals surface area contributed by atoms with Crippen molar-refractivity contribution in [2.75, 3.05) is 20.3 Å². The third kappa shape index (κ3) is 3.24. The number of aromatic nitrogens is 1. The number of carbonyl (C=O) groups is 1. The Balaban J connectivity index is 1.92. The number of hydrogen-bond donors (Lipinski definition) is 1. The van der Waals surface area contributed by atoms with E-state index in [9.17, 15) is 4.79 Å². The average Bonchev–Trinajstić information content (AvgIpc) is 2.79. The highest BCUT2D eigenvalue weighted by Gasteiger charge is 2.19. The highest BCUT2D eigenvalue weighted by Crippen LogP contribution is 2.17. The van der Waals surface area contributed by atoms with Gasteiger partial charge in [0.05, 0.1) is 5.69 Å². The fourth-order valence-corrected chi connectivity index (χ4v) is 2.63. The van der Waals surface area contributed by atoms with Crippen LogP contribution < -0.4 is 0 Å². The maximum atomic E-state index is 10.7. The molecule has 1 saturated heterocycles. The van der Waals surface area contributed by atoms with Gasteiger partial charge < -0.3 is 9.84 Å². The molecule has 1 aromatic rings. The van der Waals surface area contributed by atoms with Crippen molar-refractivity contribution in [2.45, 2.75) is 25.4 Å². The molecule has 0 saturated carbocycles. The molecule has 0 aliphatic carbocycles. The lowest BCUT2D eigenvalue weighted by Crippen LogP contribution is -2.36. The van der Waals surface area contributed by atoms with E-state index in [2.05, 4.69) is 16.9 Å². The minimum Gasteiger partial charge on any atom is -0.476 e. The van der Waals surface area contributed by atoms with Gasteiger partial charge in [-0.15, -0.1) is 11.3 Å². The number of nitrogens with zero attached hydrogens (tertiary/aromatic N) is 2. The van der Waals surface area contributed by atoms with Gasteiger partial charge >= 0.3 is 5.97 Å². The predicted molar refractivity (Wildman–Crippen MR) is 64.4 cm³/mol. The molecule has 0 radical (unpaired) electrons. The van der Waals surface area contributed by atoms with Crippen LogP contribution in [0, 0.1) is 0 Å². The smallest absolute Gasteiger partial charge is 0.365 e. The van der Waals surface area contributed by atoms with Crippen molar-refractivity contribution in [3.8, 4) is 0 Å². The second kappa shape index (κ2) is 5.57. The van der Waals surface area contributed by atoms with Crippen molar-refractivity contribution in [3.63, 3.8) is 0 Å². The van der Waals surface area contributed by atoms with E-state index in [1.165, 1.54) is 11.3 Å². The Morgan fingerprint density at radius 2 is 2.35 bits per heavy atom. The second-order valence-corrected chi connectivity index (χ2v) is 5.07. The van der Waals surface area contributed by atoms with E-state index in [0.717, 1.165) is 31.7 Å². The van der Waals surface area contributed by atoms with Crippen LogP contribution in [-0.2, 0) is 11.3 Å². The summed E-state index contributed by atoms with van der Waals surface area (Å²) < 4.78 is 5.32. The number of hydrogen-bond acceptors (Lipinski definition) is 5. The molecule has 1 aromatic heterocycles. The van der Waals surface area contributed by atoms with Gasteiger partial charge in [-0.2, -0.15) is 0 Å². The fourth-order valence-electron chi connectivity index (χ4n) is 1.99. The molecule has 17 heavy (non-hydrogen) atoms. The first-order chi connectivity index (χ1) is 8.16. The summed E-state index contributed by atoms with van der Waals surface area (Å²) in [5.74, 6) is -0.949. The Hall–Kier alpha value is -0.980. The minimum atomic E-state index is -0.949. The van der Waals surface area contributed by atoms with Gasteiger partial charge in [0.15, 0.2) is 0 Å². The summed E-state index contributed by atoms with van der Waals surface area (Å²) in [5.41, 5.74) is 0.835. The molecule has 5 nitrogen and oxygen atoms in total. The largest absolute Gasteiger partial charge is 0.476 e. The summed E-state index contributed by atoms with van der Waals surface area (Å²) >= 11 is 1.18. The van der Waals surface area contributed by atoms with Gasteiger partial charge in [-0.25, -0.2) is 9.78 Å². The van der Waals surface area contributed by atoms with Crippen LogP contribution in [0.3, 0.4) is 0 Å². The van der Waals surface area contributed by atoms with Crippen LogP contribution in [0.15, 0.2) is 5.38 Å². The molecule has 6 heteroatoms. The van der Waals surface area contributed by atoms with Crippen molar-refractivity contribution in [2.24, 2.45) is 0 Å². The van der Waals surface area contributed by atoms with Crippen LogP contribution >= 0.6 is 11.3 Å². The molecule has 0 spiro atoms. The van der Waals surface area contributed by atoms with E-state index in [-0.39, 0.29) is 5.01 Å². The first-order valence-electron chi connectivity index (χ1n) is 5.62. The van der Waals surface area contributed by atoms with Crippen molar-refractivity contribution in [3.05, 3.63) is 16.1 Å². The Morgan fingerprint density at radius 1 is 1.65 bits per heavy atom. The first kappa shape index (κ1) is 12.5. The second-order valence-electron chi connectivity index (χ2n) is 4.21. The Labute approximate surface area is 104 Å². The normalized spacial score (nSPS) is 17.5. The summed E-state index contributed by atoms with van der Waals surface area (Å²) in [6, 6.07) is 0.513. The van der Waals surface area contributed by atoms with Gasteiger partial charge in [0.2, 0.25) is 5.01 Å². The van der Waals surface area contributed by atoms with Crippen molar-refractivity contribution in [1.82, 2.24) is 9.88 Å². The number of rotatable bonds is 4. The molecule has 1 aliphatic heterocycles. The van der Waals surface area contributed by atoms with Gasteiger partial charge in [0, 0.05) is 31.2 Å². The lowest BCUT2D eigenvalue weighted by atomic mass is 10.1. The molecule has 0 atom stereocenters. The summed E-state index contributed by atoms with van der Waals surface area (Å²) in [7, 11) is 2.05. The SMILES string of the molecule is CN(Cc1csc(C(=O)O)n1)C1CCOCC1. The van der Waals surface area contributed by atoms with Gasteiger partial charge in [0.1, 0.15) is 0 Å². The molecule has 0 unspecified atom stereocenters. The number of ether oxygens (including phenoxy) is 1. The summed E-state index contributed by atoms with van der Waals surface area (Å²) in [6.45, 7) is 2.33. The number of carboxylic acid groups (broad SMARTS) is 1. The zero-order chi connectivity index (χ0) is 12.3. The zero-order valence-electron chi connectivity index (χ0n) is 9.76. The summed E-state index contributed by atoms with van der Waals surface area (Å²) in [6.07, 6.45) is 2.07. The summed E-state index contributed by atoms with van der Waals surface area (Å²) in [5, 5.41) is 10.8. The number of aromatic carboxylic acids is 1. The average molecular weight is 256 g/mol. The molecule has 0 amide bonds. The highest BCUT2D eigenvalue weighted by molar-refractivity contribution is 7.11. The molecule has 1 fully saturated rings. The maximum Gasteiger partial charge on any atom is 0.365 e. The monoisotopic (exact) mass is 256 g/mol. The quantitative estimate of drug-likeness (QED) is 0.883. The zero-order valence-corrected chi connectivity index (χ0v) is 10.6. The maximum absolute atomic E-state index is 10.7. The Bertz CT molecular complexity index is 388. The molecule has 0 bridgehead atoms. The highest BCUT2D eigenvalue weighted by atomic mass is 32.1. The molecular weight excluding hydrogens is 240 g/mol. The molecule has 1 aliphatic rings. The van der Waals surface area contributed by atoms with E-state index in [1.807, 2.05) is 5.38 Å². The van der Waals surface area contributed by atoms with Crippen LogP contribution in [0.2, 0.25) is 0 Å². The van der Waals surface area contributed by atoms with Gasteiger partial charge in [-0.1, -0.05) is 0 Å². The number of thiazole rings is 1. The molecule has 2 heterocycles. The molecule has 1 N–H and O–H groups in total. The lowest BCUT2D eigenvalue weighted by Gasteiger charge is -2.30. The van der Waals surface area contributed by atoms with Gasteiger partial charge in [0.25, 0.3) is 0 Å². The van der Waals surface area contributed by atoms with Crippen molar-refractivity contribution in [1.29, 1.82) is 0 Å². The molecule has 0 aromatic carbocycles. The lowest BCUT2D eigenvalue weighted by molar-refractivity contribution is 0.0403. The fraction of sp³-hybridized carbons (Fsp3) is 0.636. The van der Waals surface area contributed by atoms with E-state index in [4.69, 9.17) is 9.84 Å². The van der Waals surface area contributed by atoms with E-state index < -0.39 is 5.97 Å². The van der Waals surface area contributed by atoms with Crippen LogP contribution in [0.25, 0.3) is 0 Å². The van der Waals surface area contributed by atoms with E-state index in [1.54, 1.807) is 0 Å². The van der Waals surface area contributed by atoms with Crippen molar-refractivity contribution < 1.29 is 14.6 Å². The third-order valence-corrected chi connectivity index (χ3v) is 3.84. The third-order valence-electron chi connectivity index (χ3n) is 2.96. The van der Waals surface area contributed by atoms with Gasteiger partial charge in [-0.3, -0.25) is 4.90 Å². The van der Waals surface area contributed by atoms with Crippen molar-refractivity contribution >= 4 is 17.3 Å². The molecule has 94 valence electrons. The molecule has 2 rings (SSSR count). The Kier molecular flexibility index (Phi) is 4.09. The van der Waals surface area contributed by atoms with Crippen LogP contribution in [0.4, 0.5) is 0 Å². The van der Waals surface area contributed by atoms with Gasteiger partial charge in [-0.05, 0) is 19.9 Å². The minimum absolute atomic E-state index is 0.167. The Morgan fingerprint density at radius 3 is 2.94 bits per heavy atom. The van der Waals surface area contributed by atoms with Crippen LogP contribution in [0.1, 0.15) is 28.3 Å². The van der Waals surface area contributed by atoms with Crippen LogP contribution in [-0.4, -0.2) is 47.3 Å². The van der Waals surface area contributed by atoms with E-state index >= 15 is 0 Å². The topological polar surface area (TPSA) is 62.7 Å². The number of carboxylic acids is 1.